The molecule has 0 heterocycles. The van der Waals surface area contributed by atoms with E-state index in [1.165, 1.54) is 18.4 Å². The van der Waals surface area contributed by atoms with Crippen LogP contribution < -0.4 is 0 Å². The van der Waals surface area contributed by atoms with Crippen LogP contribution in [0.1, 0.15) is 44.6 Å². The van der Waals surface area contributed by atoms with Crippen LogP contribution in [0, 0.1) is 23.6 Å². The number of halogens is 1. The molecule has 2 heteroatoms. The Morgan fingerprint density at radius 2 is 1.63 bits per heavy atom. The fourth-order valence-corrected chi connectivity index (χ4v) is 5.47. The predicted molar refractivity (Wildman–Crippen MR) is 72.3 cm³/mol. The van der Waals surface area contributed by atoms with Gasteiger partial charge in [-0.1, -0.05) is 19.1 Å². The molecule has 4 saturated carbocycles. The van der Waals surface area contributed by atoms with Gasteiger partial charge >= 0.3 is 0 Å². The van der Waals surface area contributed by atoms with E-state index in [2.05, 4.69) is 6.92 Å². The summed E-state index contributed by atoms with van der Waals surface area (Å²) in [5.41, 5.74) is 1.01. The van der Waals surface area contributed by atoms with Crippen molar-refractivity contribution in [2.45, 2.75) is 50.0 Å². The summed E-state index contributed by atoms with van der Waals surface area (Å²) in [5.74, 6) is 1.69. The first kappa shape index (κ1) is 11.9. The Bertz CT molecular complexity index is 490. The minimum absolute atomic E-state index is 0.136. The number of benzene rings is 1. The zero-order valence-electron chi connectivity index (χ0n) is 11.4. The first-order chi connectivity index (χ1) is 8.99. The van der Waals surface area contributed by atoms with Crippen molar-refractivity contribution >= 4 is 0 Å². The highest BCUT2D eigenvalue weighted by molar-refractivity contribution is 5.31. The van der Waals surface area contributed by atoms with Gasteiger partial charge in [-0.25, -0.2) is 4.39 Å². The second kappa shape index (κ2) is 3.60. The van der Waals surface area contributed by atoms with Crippen LogP contribution >= 0.6 is 0 Å². The molecule has 4 aliphatic carbocycles. The summed E-state index contributed by atoms with van der Waals surface area (Å²) < 4.78 is 13.2. The lowest BCUT2D eigenvalue weighted by Crippen LogP contribution is -2.60. The van der Waals surface area contributed by atoms with Crippen LogP contribution in [-0.4, -0.2) is 10.7 Å². The highest BCUT2D eigenvalue weighted by Crippen LogP contribution is 2.63. The monoisotopic (exact) mass is 260 g/mol. The van der Waals surface area contributed by atoms with Gasteiger partial charge in [-0.05, 0) is 73.0 Å². The lowest BCUT2D eigenvalue weighted by molar-refractivity contribution is -0.160. The van der Waals surface area contributed by atoms with Gasteiger partial charge in [0.25, 0.3) is 0 Å². The van der Waals surface area contributed by atoms with Gasteiger partial charge < -0.3 is 5.11 Å². The minimum atomic E-state index is -0.393. The molecule has 4 bridgehead atoms. The van der Waals surface area contributed by atoms with Crippen molar-refractivity contribution in [1.29, 1.82) is 0 Å². The maximum atomic E-state index is 13.2. The summed E-state index contributed by atoms with van der Waals surface area (Å²) in [6.45, 7) is 2.34. The van der Waals surface area contributed by atoms with Crippen molar-refractivity contribution in [2.24, 2.45) is 17.8 Å². The number of hydrogen-bond donors (Lipinski definition) is 1. The van der Waals surface area contributed by atoms with Crippen LogP contribution in [0.15, 0.2) is 24.3 Å². The average molecular weight is 260 g/mol. The molecule has 0 amide bonds. The molecule has 4 fully saturated rings. The Kier molecular flexibility index (Phi) is 2.26. The van der Waals surface area contributed by atoms with Crippen molar-refractivity contribution in [3.8, 4) is 0 Å². The van der Waals surface area contributed by atoms with Crippen molar-refractivity contribution in [3.63, 3.8) is 0 Å². The lowest BCUT2D eigenvalue weighted by Gasteiger charge is -2.63. The Morgan fingerprint density at radius 1 is 1.05 bits per heavy atom. The molecule has 1 nitrogen and oxygen atoms in total. The van der Waals surface area contributed by atoms with Gasteiger partial charge in [0.05, 0.1) is 5.60 Å². The van der Waals surface area contributed by atoms with E-state index in [1.807, 2.05) is 12.1 Å². The van der Waals surface area contributed by atoms with Crippen LogP contribution in [0.4, 0.5) is 4.39 Å². The summed E-state index contributed by atoms with van der Waals surface area (Å²) in [6.07, 6.45) is 5.38. The van der Waals surface area contributed by atoms with Gasteiger partial charge in [-0.2, -0.15) is 0 Å². The van der Waals surface area contributed by atoms with Crippen molar-refractivity contribution in [1.82, 2.24) is 0 Å². The Hall–Kier alpha value is -0.890. The second-order valence-corrected chi connectivity index (χ2v) is 7.36. The summed E-state index contributed by atoms with van der Waals surface area (Å²) in [4.78, 5) is 0. The third-order valence-electron chi connectivity index (χ3n) is 6.32. The molecule has 19 heavy (non-hydrogen) atoms. The van der Waals surface area contributed by atoms with E-state index in [9.17, 15) is 9.50 Å². The van der Waals surface area contributed by atoms with Crippen LogP contribution in [-0.2, 0) is 5.41 Å². The van der Waals surface area contributed by atoms with Crippen LogP contribution in [0.25, 0.3) is 0 Å². The zero-order valence-corrected chi connectivity index (χ0v) is 11.4. The van der Waals surface area contributed by atoms with Crippen molar-refractivity contribution in [2.75, 3.05) is 0 Å². The second-order valence-electron chi connectivity index (χ2n) is 7.36. The first-order valence-corrected chi connectivity index (χ1v) is 7.48. The number of hydrogen-bond acceptors (Lipinski definition) is 1. The molecule has 2 atom stereocenters. The Labute approximate surface area is 113 Å². The van der Waals surface area contributed by atoms with Gasteiger partial charge in [0, 0.05) is 0 Å². The topological polar surface area (TPSA) is 20.2 Å². The zero-order chi connectivity index (χ0) is 13.3. The maximum absolute atomic E-state index is 13.2. The van der Waals surface area contributed by atoms with E-state index in [-0.39, 0.29) is 11.2 Å². The molecule has 0 radical (unpaired) electrons. The smallest absolute Gasteiger partial charge is 0.123 e. The predicted octanol–water partition coefficient (Wildman–Crippen LogP) is 3.65. The van der Waals surface area contributed by atoms with E-state index in [1.54, 1.807) is 12.1 Å². The fraction of sp³-hybridized carbons (Fsp3) is 0.647. The molecule has 0 spiro atoms. The third kappa shape index (κ3) is 1.56. The SMILES string of the molecule is CC1(c2ccc(F)cc2)C2CC3CC1CC(O)(C3)C2. The lowest BCUT2D eigenvalue weighted by atomic mass is 9.43. The van der Waals surface area contributed by atoms with E-state index in [0.29, 0.717) is 11.8 Å². The molecular weight excluding hydrogens is 239 g/mol. The highest BCUT2D eigenvalue weighted by atomic mass is 19.1. The Balaban J connectivity index is 1.77. The largest absolute Gasteiger partial charge is 0.390 e. The molecule has 0 saturated heterocycles. The molecule has 0 aliphatic heterocycles. The molecule has 0 aromatic heterocycles. The molecule has 2 unspecified atom stereocenters. The summed E-state index contributed by atoms with van der Waals surface area (Å²) in [6, 6.07) is 7.09. The number of rotatable bonds is 1. The molecule has 5 rings (SSSR count). The van der Waals surface area contributed by atoms with Gasteiger partial charge in [0.1, 0.15) is 5.82 Å². The van der Waals surface area contributed by atoms with Crippen LogP contribution in [0.2, 0.25) is 0 Å². The fourth-order valence-electron chi connectivity index (χ4n) is 5.47. The molecular formula is C17H21FO. The van der Waals surface area contributed by atoms with Crippen LogP contribution in [0.5, 0.6) is 0 Å². The molecule has 1 N–H and O–H groups in total. The van der Waals surface area contributed by atoms with E-state index < -0.39 is 5.60 Å². The van der Waals surface area contributed by atoms with Gasteiger partial charge in [-0.3, -0.25) is 0 Å². The number of aliphatic hydroxyl groups is 1. The standard InChI is InChI=1S/C17H21FO/c1-16(12-2-4-15(18)5-3-12)13-6-11-7-14(16)10-17(19,8-11)9-13/h2-5,11,13-14,19H,6-10H2,1H3. The highest BCUT2D eigenvalue weighted by Gasteiger charge is 2.60. The summed E-state index contributed by atoms with van der Waals surface area (Å²) >= 11 is 0. The minimum Gasteiger partial charge on any atom is -0.390 e. The molecule has 102 valence electrons. The van der Waals surface area contributed by atoms with E-state index >= 15 is 0 Å². The normalized spacial score (nSPS) is 47.6. The van der Waals surface area contributed by atoms with Crippen LogP contribution in [0.3, 0.4) is 0 Å². The maximum Gasteiger partial charge on any atom is 0.123 e. The molecule has 1 aromatic rings. The van der Waals surface area contributed by atoms with Gasteiger partial charge in [-0.15, -0.1) is 0 Å². The molecule has 4 aliphatic rings. The van der Waals surface area contributed by atoms with Gasteiger partial charge in [0.15, 0.2) is 0 Å². The van der Waals surface area contributed by atoms with Crippen molar-refractivity contribution in [3.05, 3.63) is 35.6 Å². The average Bonchev–Trinajstić information content (AvgIpc) is 2.34. The van der Waals surface area contributed by atoms with Gasteiger partial charge in [0.2, 0.25) is 0 Å². The first-order valence-electron chi connectivity index (χ1n) is 7.48. The summed E-state index contributed by atoms with van der Waals surface area (Å²) in [5, 5.41) is 10.7. The quantitative estimate of drug-likeness (QED) is 0.817. The van der Waals surface area contributed by atoms with E-state index in [4.69, 9.17) is 0 Å². The summed E-state index contributed by atoms with van der Waals surface area (Å²) in [7, 11) is 0. The van der Waals surface area contributed by atoms with E-state index in [0.717, 1.165) is 25.2 Å². The third-order valence-corrected chi connectivity index (χ3v) is 6.32. The molecule has 1 aromatic carbocycles. The van der Waals surface area contributed by atoms with Crippen molar-refractivity contribution < 1.29 is 9.50 Å². The Morgan fingerprint density at radius 3 is 2.16 bits per heavy atom.